The van der Waals surface area contributed by atoms with Gasteiger partial charge in [0.1, 0.15) is 11.4 Å². The SMILES string of the molecule is CC(C)N(CCNCc1c(F)cccc1Cl)C(=O)OC(C)(C)C. The van der Waals surface area contributed by atoms with Crippen LogP contribution in [-0.4, -0.2) is 35.7 Å². The first-order valence-electron chi connectivity index (χ1n) is 7.75. The zero-order valence-corrected chi connectivity index (χ0v) is 15.2. The van der Waals surface area contributed by atoms with Crippen molar-refractivity contribution in [3.8, 4) is 0 Å². The third-order valence-electron chi connectivity index (χ3n) is 3.14. The van der Waals surface area contributed by atoms with E-state index in [9.17, 15) is 9.18 Å². The normalized spacial score (nSPS) is 11.7. The molecule has 0 bridgehead atoms. The van der Waals surface area contributed by atoms with Crippen LogP contribution < -0.4 is 5.32 Å². The van der Waals surface area contributed by atoms with Crippen molar-refractivity contribution in [1.29, 1.82) is 0 Å². The van der Waals surface area contributed by atoms with E-state index in [0.717, 1.165) is 0 Å². The third kappa shape index (κ3) is 6.75. The standard InChI is InChI=1S/C17H26ClFN2O2/c1-12(2)21(16(22)23-17(3,4)5)10-9-20-11-13-14(18)7-6-8-15(13)19/h6-8,12,20H,9-11H2,1-5H3. The van der Waals surface area contributed by atoms with Gasteiger partial charge in [-0.1, -0.05) is 17.7 Å². The first-order chi connectivity index (χ1) is 10.6. The molecule has 0 saturated heterocycles. The van der Waals surface area contributed by atoms with E-state index < -0.39 is 5.60 Å². The number of carbonyl (C=O) groups excluding carboxylic acids is 1. The van der Waals surface area contributed by atoms with Gasteiger partial charge in [-0.2, -0.15) is 0 Å². The molecule has 4 nitrogen and oxygen atoms in total. The second kappa shape index (κ2) is 8.50. The Bertz CT molecular complexity index is 510. The summed E-state index contributed by atoms with van der Waals surface area (Å²) in [5.74, 6) is -0.335. The topological polar surface area (TPSA) is 41.6 Å². The molecule has 0 radical (unpaired) electrons. The van der Waals surface area contributed by atoms with Crippen LogP contribution in [0.4, 0.5) is 9.18 Å². The Morgan fingerprint density at radius 3 is 2.57 bits per heavy atom. The van der Waals surface area contributed by atoms with Crippen LogP contribution >= 0.6 is 11.6 Å². The fraction of sp³-hybridized carbons (Fsp3) is 0.588. The molecular formula is C17H26ClFN2O2. The van der Waals surface area contributed by atoms with Gasteiger partial charge in [-0.15, -0.1) is 0 Å². The summed E-state index contributed by atoms with van der Waals surface area (Å²) in [4.78, 5) is 13.8. The lowest BCUT2D eigenvalue weighted by molar-refractivity contribution is 0.0193. The molecule has 0 heterocycles. The number of benzene rings is 1. The highest BCUT2D eigenvalue weighted by molar-refractivity contribution is 6.31. The number of rotatable bonds is 6. The number of halogens is 2. The van der Waals surface area contributed by atoms with Crippen molar-refractivity contribution in [3.63, 3.8) is 0 Å². The zero-order chi connectivity index (χ0) is 17.6. The van der Waals surface area contributed by atoms with Gasteiger partial charge in [0.25, 0.3) is 0 Å². The van der Waals surface area contributed by atoms with Crippen LogP contribution in [0, 0.1) is 5.82 Å². The van der Waals surface area contributed by atoms with Gasteiger partial charge in [0, 0.05) is 36.3 Å². The maximum atomic E-state index is 13.7. The molecule has 0 fully saturated rings. The Balaban J connectivity index is 2.52. The molecule has 1 aromatic rings. The van der Waals surface area contributed by atoms with Crippen molar-refractivity contribution >= 4 is 17.7 Å². The fourth-order valence-electron chi connectivity index (χ4n) is 1.99. The van der Waals surface area contributed by atoms with E-state index in [2.05, 4.69) is 5.32 Å². The summed E-state index contributed by atoms with van der Waals surface area (Å²) in [6, 6.07) is 4.63. The lowest BCUT2D eigenvalue weighted by atomic mass is 10.2. The van der Waals surface area contributed by atoms with E-state index in [0.29, 0.717) is 30.2 Å². The molecule has 0 aliphatic rings. The predicted molar refractivity (Wildman–Crippen MR) is 91.2 cm³/mol. The Labute approximate surface area is 142 Å². The van der Waals surface area contributed by atoms with Gasteiger partial charge in [-0.3, -0.25) is 0 Å². The van der Waals surface area contributed by atoms with Gasteiger partial charge in [0.15, 0.2) is 0 Å². The average Bonchev–Trinajstić information content (AvgIpc) is 2.38. The van der Waals surface area contributed by atoms with E-state index in [1.165, 1.54) is 6.07 Å². The highest BCUT2D eigenvalue weighted by Gasteiger charge is 2.23. The molecule has 6 heteroatoms. The molecule has 0 aromatic heterocycles. The third-order valence-corrected chi connectivity index (χ3v) is 3.50. The Morgan fingerprint density at radius 2 is 2.04 bits per heavy atom. The zero-order valence-electron chi connectivity index (χ0n) is 14.5. The summed E-state index contributed by atoms with van der Waals surface area (Å²) in [5, 5.41) is 3.51. The van der Waals surface area contributed by atoms with Gasteiger partial charge in [-0.25, -0.2) is 9.18 Å². The molecule has 1 N–H and O–H groups in total. The highest BCUT2D eigenvalue weighted by Crippen LogP contribution is 2.18. The van der Waals surface area contributed by atoms with Gasteiger partial charge < -0.3 is 15.0 Å². The minimum absolute atomic E-state index is 0.0173. The molecule has 23 heavy (non-hydrogen) atoms. The van der Waals surface area contributed by atoms with Gasteiger partial charge in [0.2, 0.25) is 0 Å². The van der Waals surface area contributed by atoms with Gasteiger partial charge in [0.05, 0.1) is 0 Å². The molecule has 0 spiro atoms. The van der Waals surface area contributed by atoms with E-state index in [1.54, 1.807) is 17.0 Å². The molecular weight excluding hydrogens is 319 g/mol. The lowest BCUT2D eigenvalue weighted by Gasteiger charge is -2.30. The molecule has 1 rings (SSSR count). The summed E-state index contributed by atoms with van der Waals surface area (Å²) >= 11 is 5.98. The van der Waals surface area contributed by atoms with Crippen LogP contribution in [0.3, 0.4) is 0 Å². The van der Waals surface area contributed by atoms with Crippen LogP contribution in [0.15, 0.2) is 18.2 Å². The number of amides is 1. The number of nitrogens with zero attached hydrogens (tertiary/aromatic N) is 1. The summed E-state index contributed by atoms with van der Waals surface area (Å²) in [5.41, 5.74) is -0.0965. The van der Waals surface area contributed by atoms with Crippen molar-refractivity contribution < 1.29 is 13.9 Å². The quantitative estimate of drug-likeness (QED) is 0.786. The van der Waals surface area contributed by atoms with E-state index in [-0.39, 0.29) is 18.0 Å². The van der Waals surface area contributed by atoms with Crippen molar-refractivity contribution in [3.05, 3.63) is 34.6 Å². The maximum absolute atomic E-state index is 13.7. The van der Waals surface area contributed by atoms with Crippen molar-refractivity contribution in [2.45, 2.75) is 52.8 Å². The Kier molecular flexibility index (Phi) is 7.29. The van der Waals surface area contributed by atoms with Crippen LogP contribution in [0.25, 0.3) is 0 Å². The molecule has 0 saturated carbocycles. The number of nitrogens with one attached hydrogen (secondary N) is 1. The van der Waals surface area contributed by atoms with E-state index in [1.807, 2.05) is 34.6 Å². The molecule has 1 amide bonds. The summed E-state index contributed by atoms with van der Waals surface area (Å²) in [6.45, 7) is 10.7. The first-order valence-corrected chi connectivity index (χ1v) is 8.13. The van der Waals surface area contributed by atoms with E-state index in [4.69, 9.17) is 16.3 Å². The van der Waals surface area contributed by atoms with Crippen molar-refractivity contribution in [1.82, 2.24) is 10.2 Å². The second-order valence-corrected chi connectivity index (χ2v) is 7.05. The number of hydrogen-bond acceptors (Lipinski definition) is 3. The summed E-state index contributed by atoms with van der Waals surface area (Å²) in [7, 11) is 0. The van der Waals surface area contributed by atoms with Crippen LogP contribution in [0.5, 0.6) is 0 Å². The molecule has 0 unspecified atom stereocenters. The minimum atomic E-state index is -0.529. The van der Waals surface area contributed by atoms with Crippen LogP contribution in [0.2, 0.25) is 5.02 Å². The van der Waals surface area contributed by atoms with Crippen LogP contribution in [0.1, 0.15) is 40.2 Å². The Morgan fingerprint density at radius 1 is 1.39 bits per heavy atom. The first kappa shape index (κ1) is 19.7. The van der Waals surface area contributed by atoms with Gasteiger partial charge in [-0.05, 0) is 46.8 Å². The number of carbonyl (C=O) groups is 1. The molecule has 130 valence electrons. The summed E-state index contributed by atoms with van der Waals surface area (Å²) < 4.78 is 19.1. The number of hydrogen-bond donors (Lipinski definition) is 1. The Hall–Kier alpha value is -1.33. The van der Waals surface area contributed by atoms with Crippen molar-refractivity contribution in [2.24, 2.45) is 0 Å². The molecule has 1 aromatic carbocycles. The lowest BCUT2D eigenvalue weighted by Crippen LogP contribution is -2.44. The average molecular weight is 345 g/mol. The monoisotopic (exact) mass is 344 g/mol. The van der Waals surface area contributed by atoms with Crippen LogP contribution in [-0.2, 0) is 11.3 Å². The van der Waals surface area contributed by atoms with E-state index >= 15 is 0 Å². The summed E-state index contributed by atoms with van der Waals surface area (Å²) in [6.07, 6.45) is -0.349. The second-order valence-electron chi connectivity index (χ2n) is 6.64. The maximum Gasteiger partial charge on any atom is 0.410 e. The van der Waals surface area contributed by atoms with Crippen molar-refractivity contribution in [2.75, 3.05) is 13.1 Å². The fourth-order valence-corrected chi connectivity index (χ4v) is 2.22. The largest absolute Gasteiger partial charge is 0.444 e. The minimum Gasteiger partial charge on any atom is -0.444 e. The predicted octanol–water partition coefficient (Wildman–Crippen LogP) is 4.21. The molecule has 0 aliphatic carbocycles. The highest BCUT2D eigenvalue weighted by atomic mass is 35.5. The smallest absolute Gasteiger partial charge is 0.410 e. The number of ether oxygens (including phenoxy) is 1. The molecule has 0 atom stereocenters. The molecule has 0 aliphatic heterocycles. The van der Waals surface area contributed by atoms with Gasteiger partial charge >= 0.3 is 6.09 Å².